The molecule has 1 saturated carbocycles. The van der Waals surface area contributed by atoms with Gasteiger partial charge in [-0.3, -0.25) is 4.79 Å². The Hall–Kier alpha value is -0.610. The lowest BCUT2D eigenvalue weighted by atomic mass is 9.85. The van der Waals surface area contributed by atoms with E-state index in [4.69, 9.17) is 9.47 Å². The van der Waals surface area contributed by atoms with Crippen LogP contribution in [0.4, 0.5) is 0 Å². The zero-order valence-corrected chi connectivity index (χ0v) is 9.04. The van der Waals surface area contributed by atoms with Gasteiger partial charge in [0.1, 0.15) is 0 Å². The minimum atomic E-state index is -0.111. The minimum Gasteiger partial charge on any atom is -0.356 e. The summed E-state index contributed by atoms with van der Waals surface area (Å²) < 4.78 is 10.8. The standard InChI is InChI=1S/C11H19NO3/c13-11(9-3-1-4-9)12-6-5-10-14-7-2-8-15-10/h9-10H,1-8H2,(H,12,13). The monoisotopic (exact) mass is 213 g/mol. The first-order chi connectivity index (χ1) is 7.36. The van der Waals surface area contributed by atoms with Gasteiger partial charge < -0.3 is 14.8 Å². The van der Waals surface area contributed by atoms with Crippen LogP contribution in [0, 0.1) is 5.92 Å². The summed E-state index contributed by atoms with van der Waals surface area (Å²) in [6.45, 7) is 2.22. The van der Waals surface area contributed by atoms with Crippen molar-refractivity contribution in [2.45, 2.75) is 38.4 Å². The van der Waals surface area contributed by atoms with Crippen molar-refractivity contribution >= 4 is 5.91 Å². The van der Waals surface area contributed by atoms with Crippen LogP contribution in [0.3, 0.4) is 0 Å². The molecule has 4 nitrogen and oxygen atoms in total. The summed E-state index contributed by atoms with van der Waals surface area (Å²) in [5.74, 6) is 0.482. The quantitative estimate of drug-likeness (QED) is 0.759. The molecule has 0 aromatic carbocycles. The van der Waals surface area contributed by atoms with Gasteiger partial charge in [-0.1, -0.05) is 6.42 Å². The topological polar surface area (TPSA) is 47.6 Å². The van der Waals surface area contributed by atoms with Crippen molar-refractivity contribution in [1.82, 2.24) is 5.32 Å². The highest BCUT2D eigenvalue weighted by Crippen LogP contribution is 2.26. The lowest BCUT2D eigenvalue weighted by Gasteiger charge is -2.26. The number of hydrogen-bond donors (Lipinski definition) is 1. The molecule has 1 N–H and O–H groups in total. The van der Waals surface area contributed by atoms with E-state index in [1.807, 2.05) is 0 Å². The molecule has 0 spiro atoms. The molecule has 0 aromatic heterocycles. The molecule has 1 heterocycles. The molecule has 2 rings (SSSR count). The van der Waals surface area contributed by atoms with E-state index in [1.165, 1.54) is 6.42 Å². The van der Waals surface area contributed by atoms with Crippen LogP contribution in [0.2, 0.25) is 0 Å². The molecule has 2 fully saturated rings. The van der Waals surface area contributed by atoms with Gasteiger partial charge >= 0.3 is 0 Å². The Balaban J connectivity index is 1.55. The number of carbonyl (C=O) groups excluding carboxylic acids is 1. The third-order valence-electron chi connectivity index (χ3n) is 3.05. The molecule has 2 aliphatic rings. The van der Waals surface area contributed by atoms with Gasteiger partial charge in [-0.25, -0.2) is 0 Å². The highest BCUT2D eigenvalue weighted by atomic mass is 16.7. The van der Waals surface area contributed by atoms with Crippen molar-refractivity contribution in [3.63, 3.8) is 0 Å². The normalized spacial score (nSPS) is 23.5. The molecule has 1 amide bonds. The number of nitrogens with one attached hydrogen (secondary N) is 1. The Morgan fingerprint density at radius 3 is 2.53 bits per heavy atom. The fraction of sp³-hybridized carbons (Fsp3) is 0.909. The van der Waals surface area contributed by atoms with E-state index in [2.05, 4.69) is 5.32 Å². The molecule has 0 aromatic rings. The van der Waals surface area contributed by atoms with E-state index in [-0.39, 0.29) is 18.1 Å². The number of ether oxygens (including phenoxy) is 2. The number of rotatable bonds is 4. The minimum absolute atomic E-state index is 0.111. The van der Waals surface area contributed by atoms with Gasteiger partial charge in [-0.15, -0.1) is 0 Å². The van der Waals surface area contributed by atoms with Gasteiger partial charge in [0.15, 0.2) is 6.29 Å². The second-order valence-electron chi connectivity index (χ2n) is 4.23. The first-order valence-electron chi connectivity index (χ1n) is 5.87. The average Bonchev–Trinajstić information content (AvgIpc) is 2.16. The lowest BCUT2D eigenvalue weighted by molar-refractivity contribution is -0.180. The molecule has 0 radical (unpaired) electrons. The molecule has 86 valence electrons. The van der Waals surface area contributed by atoms with Crippen LogP contribution in [-0.2, 0) is 14.3 Å². The maximum absolute atomic E-state index is 11.5. The van der Waals surface area contributed by atoms with E-state index in [0.717, 1.165) is 38.9 Å². The lowest BCUT2D eigenvalue weighted by Crippen LogP contribution is -2.37. The van der Waals surface area contributed by atoms with Crippen molar-refractivity contribution in [1.29, 1.82) is 0 Å². The predicted molar refractivity (Wildman–Crippen MR) is 55.3 cm³/mol. The largest absolute Gasteiger partial charge is 0.356 e. The zero-order valence-electron chi connectivity index (χ0n) is 9.04. The molecule has 0 bridgehead atoms. The Morgan fingerprint density at radius 2 is 1.93 bits per heavy atom. The highest BCUT2D eigenvalue weighted by Gasteiger charge is 2.25. The van der Waals surface area contributed by atoms with E-state index < -0.39 is 0 Å². The molecular weight excluding hydrogens is 194 g/mol. The fourth-order valence-electron chi connectivity index (χ4n) is 1.83. The molecule has 4 heteroatoms. The summed E-state index contributed by atoms with van der Waals surface area (Å²) >= 11 is 0. The van der Waals surface area contributed by atoms with Crippen molar-refractivity contribution in [3.8, 4) is 0 Å². The summed E-state index contributed by atoms with van der Waals surface area (Å²) in [6, 6.07) is 0. The van der Waals surface area contributed by atoms with Gasteiger partial charge in [-0.05, 0) is 19.3 Å². The summed E-state index contributed by atoms with van der Waals surface area (Å²) in [5.41, 5.74) is 0. The number of amides is 1. The number of hydrogen-bond acceptors (Lipinski definition) is 3. The van der Waals surface area contributed by atoms with Crippen molar-refractivity contribution in [2.75, 3.05) is 19.8 Å². The van der Waals surface area contributed by atoms with Crippen LogP contribution in [0.25, 0.3) is 0 Å². The van der Waals surface area contributed by atoms with E-state index in [9.17, 15) is 4.79 Å². The van der Waals surface area contributed by atoms with Crippen LogP contribution in [-0.4, -0.2) is 32.0 Å². The molecule has 1 aliphatic carbocycles. The van der Waals surface area contributed by atoms with Gasteiger partial charge in [-0.2, -0.15) is 0 Å². The first-order valence-corrected chi connectivity index (χ1v) is 5.87. The predicted octanol–water partition coefficient (Wildman–Crippen LogP) is 1.06. The van der Waals surface area contributed by atoms with Crippen LogP contribution >= 0.6 is 0 Å². The SMILES string of the molecule is O=C(NCCC1OCCCO1)C1CCC1. The second kappa shape index (κ2) is 5.47. The Kier molecular flexibility index (Phi) is 3.97. The maximum Gasteiger partial charge on any atom is 0.223 e. The van der Waals surface area contributed by atoms with Gasteiger partial charge in [0.2, 0.25) is 5.91 Å². The molecule has 0 unspecified atom stereocenters. The molecular formula is C11H19NO3. The van der Waals surface area contributed by atoms with E-state index >= 15 is 0 Å². The Bertz CT molecular complexity index is 210. The Labute approximate surface area is 90.3 Å². The third kappa shape index (κ3) is 3.18. The molecule has 1 aliphatic heterocycles. The smallest absolute Gasteiger partial charge is 0.223 e. The van der Waals surface area contributed by atoms with Crippen molar-refractivity contribution in [3.05, 3.63) is 0 Å². The molecule has 1 saturated heterocycles. The van der Waals surface area contributed by atoms with Crippen molar-refractivity contribution < 1.29 is 14.3 Å². The average molecular weight is 213 g/mol. The van der Waals surface area contributed by atoms with Gasteiger partial charge in [0.05, 0.1) is 13.2 Å². The second-order valence-corrected chi connectivity index (χ2v) is 4.23. The van der Waals surface area contributed by atoms with E-state index in [0.29, 0.717) is 6.54 Å². The number of carbonyl (C=O) groups is 1. The summed E-state index contributed by atoms with van der Waals surface area (Å²) in [4.78, 5) is 11.5. The Morgan fingerprint density at radius 1 is 1.20 bits per heavy atom. The van der Waals surface area contributed by atoms with Crippen LogP contribution in [0.15, 0.2) is 0 Å². The summed E-state index contributed by atoms with van der Waals surface area (Å²) in [6.07, 6.45) is 4.95. The van der Waals surface area contributed by atoms with Gasteiger partial charge in [0, 0.05) is 18.9 Å². The summed E-state index contributed by atoms with van der Waals surface area (Å²) in [5, 5.41) is 2.93. The zero-order chi connectivity index (χ0) is 10.5. The van der Waals surface area contributed by atoms with E-state index in [1.54, 1.807) is 0 Å². The first kappa shape index (κ1) is 10.9. The highest BCUT2D eigenvalue weighted by molar-refractivity contribution is 5.79. The molecule has 0 atom stereocenters. The summed E-state index contributed by atoms with van der Waals surface area (Å²) in [7, 11) is 0. The van der Waals surface area contributed by atoms with Gasteiger partial charge in [0.25, 0.3) is 0 Å². The van der Waals surface area contributed by atoms with Crippen LogP contribution < -0.4 is 5.32 Å². The van der Waals surface area contributed by atoms with Crippen LogP contribution in [0.5, 0.6) is 0 Å². The molecule has 15 heavy (non-hydrogen) atoms. The van der Waals surface area contributed by atoms with Crippen molar-refractivity contribution in [2.24, 2.45) is 5.92 Å². The fourth-order valence-corrected chi connectivity index (χ4v) is 1.83. The maximum atomic E-state index is 11.5. The third-order valence-corrected chi connectivity index (χ3v) is 3.05. The van der Waals surface area contributed by atoms with Crippen LogP contribution in [0.1, 0.15) is 32.1 Å².